The Kier molecular flexibility index (Phi) is 7.18. The van der Waals surface area contributed by atoms with Gasteiger partial charge >= 0.3 is 0 Å². The second kappa shape index (κ2) is 9.62. The van der Waals surface area contributed by atoms with Crippen LogP contribution in [0, 0.1) is 11.6 Å². The van der Waals surface area contributed by atoms with Crippen LogP contribution in [0.5, 0.6) is 5.75 Å². The minimum absolute atomic E-state index is 0.0549. The molecule has 2 aromatic rings. The maximum Gasteiger partial charge on any atom is 0.215 e. The van der Waals surface area contributed by atoms with E-state index in [0.29, 0.717) is 38.1 Å². The van der Waals surface area contributed by atoms with Crippen molar-refractivity contribution in [2.24, 2.45) is 0 Å². The number of hydrogen-bond donors (Lipinski definition) is 1. The van der Waals surface area contributed by atoms with Gasteiger partial charge in [-0.25, -0.2) is 21.9 Å². The van der Waals surface area contributed by atoms with E-state index in [0.717, 1.165) is 17.7 Å². The van der Waals surface area contributed by atoms with Gasteiger partial charge in [-0.15, -0.1) is 0 Å². The van der Waals surface area contributed by atoms with Crippen molar-refractivity contribution < 1.29 is 26.7 Å². The number of nitrogens with zero attached hydrogens (tertiary/aromatic N) is 1. The molecule has 1 aliphatic rings. The molecule has 1 heterocycles. The summed E-state index contributed by atoms with van der Waals surface area (Å²) in [5.41, 5.74) is 0.963. The van der Waals surface area contributed by atoms with E-state index in [1.54, 1.807) is 7.11 Å². The quantitative estimate of drug-likeness (QED) is 0.703. The van der Waals surface area contributed by atoms with Gasteiger partial charge in [0.2, 0.25) is 10.0 Å². The zero-order valence-electron chi connectivity index (χ0n) is 16.1. The van der Waals surface area contributed by atoms with E-state index in [-0.39, 0.29) is 18.2 Å². The Bertz CT molecular complexity index is 914. The maximum atomic E-state index is 13.4. The van der Waals surface area contributed by atoms with Gasteiger partial charge in [0, 0.05) is 31.7 Å². The number of morpholine rings is 1. The van der Waals surface area contributed by atoms with Gasteiger partial charge in [0.1, 0.15) is 17.4 Å². The van der Waals surface area contributed by atoms with Gasteiger partial charge in [0.15, 0.2) is 0 Å². The van der Waals surface area contributed by atoms with Crippen LogP contribution in [0.1, 0.15) is 17.2 Å². The minimum Gasteiger partial charge on any atom is -0.497 e. The van der Waals surface area contributed by atoms with Crippen molar-refractivity contribution in [2.45, 2.75) is 11.8 Å². The number of rotatable bonds is 8. The summed E-state index contributed by atoms with van der Waals surface area (Å²) in [4.78, 5) is 2.14. The van der Waals surface area contributed by atoms with Crippen molar-refractivity contribution in [1.29, 1.82) is 0 Å². The first-order valence-electron chi connectivity index (χ1n) is 9.24. The molecule has 0 radical (unpaired) electrons. The normalized spacial score (nSPS) is 16.5. The van der Waals surface area contributed by atoms with Crippen molar-refractivity contribution >= 4 is 10.0 Å². The van der Waals surface area contributed by atoms with Crippen LogP contribution in [0.2, 0.25) is 0 Å². The summed E-state index contributed by atoms with van der Waals surface area (Å²) < 4.78 is 65.1. The van der Waals surface area contributed by atoms with Crippen LogP contribution >= 0.6 is 0 Å². The largest absolute Gasteiger partial charge is 0.497 e. The van der Waals surface area contributed by atoms with Gasteiger partial charge in [-0.1, -0.05) is 12.1 Å². The van der Waals surface area contributed by atoms with Crippen molar-refractivity contribution in [2.75, 3.05) is 40.0 Å². The fraction of sp³-hybridized carbons (Fsp3) is 0.400. The zero-order chi connectivity index (χ0) is 20.9. The third kappa shape index (κ3) is 6.20. The molecule has 158 valence electrons. The summed E-state index contributed by atoms with van der Waals surface area (Å²) in [6.45, 7) is 2.58. The molecule has 0 bridgehead atoms. The first kappa shape index (κ1) is 21.6. The summed E-state index contributed by atoms with van der Waals surface area (Å²) in [5.74, 6) is -1.44. The standard InChI is InChI=1S/C20H24F2N2O4S/c1-27-19-4-2-3-16(11-19)20(24-5-7-28-8-6-24)13-23-29(25,26)14-15-9-17(21)12-18(22)10-15/h2-4,9-12,20,23H,5-8,13-14H2,1H3. The van der Waals surface area contributed by atoms with E-state index in [1.165, 1.54) is 0 Å². The summed E-state index contributed by atoms with van der Waals surface area (Å²) in [5, 5.41) is 0. The van der Waals surface area contributed by atoms with Crippen LogP contribution in [0.4, 0.5) is 8.78 Å². The average Bonchev–Trinajstić information content (AvgIpc) is 2.68. The Hall–Kier alpha value is -2.07. The predicted molar refractivity (Wildman–Crippen MR) is 105 cm³/mol. The third-order valence-corrected chi connectivity index (χ3v) is 6.06. The smallest absolute Gasteiger partial charge is 0.215 e. The molecule has 0 spiro atoms. The van der Waals surface area contributed by atoms with Crippen molar-refractivity contribution in [3.8, 4) is 5.75 Å². The SMILES string of the molecule is COc1cccc(C(CNS(=O)(=O)Cc2cc(F)cc(F)c2)N2CCOCC2)c1. The van der Waals surface area contributed by atoms with Gasteiger partial charge in [0.05, 0.1) is 26.1 Å². The van der Waals surface area contributed by atoms with Gasteiger partial charge < -0.3 is 9.47 Å². The van der Waals surface area contributed by atoms with Gasteiger partial charge in [-0.3, -0.25) is 4.90 Å². The number of halogens is 2. The van der Waals surface area contributed by atoms with Crippen LogP contribution in [0.25, 0.3) is 0 Å². The molecule has 1 fully saturated rings. The molecular formula is C20H24F2N2O4S. The second-order valence-electron chi connectivity index (χ2n) is 6.83. The molecule has 1 unspecified atom stereocenters. The van der Waals surface area contributed by atoms with E-state index in [9.17, 15) is 17.2 Å². The summed E-state index contributed by atoms with van der Waals surface area (Å²) in [6.07, 6.45) is 0. The van der Waals surface area contributed by atoms with E-state index in [4.69, 9.17) is 9.47 Å². The lowest BCUT2D eigenvalue weighted by Gasteiger charge is -2.35. The molecule has 1 saturated heterocycles. The van der Waals surface area contributed by atoms with Crippen LogP contribution in [0.3, 0.4) is 0 Å². The monoisotopic (exact) mass is 426 g/mol. The molecule has 1 aliphatic heterocycles. The molecule has 0 aliphatic carbocycles. The average molecular weight is 426 g/mol. The second-order valence-corrected chi connectivity index (χ2v) is 8.63. The molecule has 0 saturated carbocycles. The van der Waals surface area contributed by atoms with E-state index < -0.39 is 27.4 Å². The number of benzene rings is 2. The fourth-order valence-corrected chi connectivity index (χ4v) is 4.49. The topological polar surface area (TPSA) is 67.9 Å². The molecule has 0 aromatic heterocycles. The Morgan fingerprint density at radius 2 is 1.83 bits per heavy atom. The van der Waals surface area contributed by atoms with Crippen LogP contribution in [-0.4, -0.2) is 53.3 Å². The number of ether oxygens (including phenoxy) is 2. The molecule has 6 nitrogen and oxygen atoms in total. The predicted octanol–water partition coefficient (Wildman–Crippen LogP) is 2.47. The lowest BCUT2D eigenvalue weighted by molar-refractivity contribution is 0.0171. The molecule has 1 N–H and O–H groups in total. The molecule has 0 amide bonds. The Morgan fingerprint density at radius 3 is 2.48 bits per heavy atom. The minimum atomic E-state index is -3.80. The lowest BCUT2D eigenvalue weighted by Crippen LogP contribution is -2.44. The van der Waals surface area contributed by atoms with Gasteiger partial charge in [0.25, 0.3) is 0 Å². The number of nitrogens with one attached hydrogen (secondary N) is 1. The highest BCUT2D eigenvalue weighted by Crippen LogP contribution is 2.25. The summed E-state index contributed by atoms with van der Waals surface area (Å²) >= 11 is 0. The fourth-order valence-electron chi connectivity index (χ4n) is 3.37. The first-order valence-corrected chi connectivity index (χ1v) is 10.9. The Labute approximate surface area is 169 Å². The number of methoxy groups -OCH3 is 1. The van der Waals surface area contributed by atoms with Gasteiger partial charge in [-0.05, 0) is 35.4 Å². The zero-order valence-corrected chi connectivity index (χ0v) is 16.9. The molecular weight excluding hydrogens is 402 g/mol. The molecule has 1 atom stereocenters. The number of hydrogen-bond acceptors (Lipinski definition) is 5. The third-order valence-electron chi connectivity index (χ3n) is 4.74. The van der Waals surface area contributed by atoms with Crippen LogP contribution < -0.4 is 9.46 Å². The molecule has 9 heteroatoms. The Balaban J connectivity index is 1.76. The summed E-state index contributed by atoms with van der Waals surface area (Å²) in [7, 11) is -2.22. The van der Waals surface area contributed by atoms with Crippen molar-refractivity contribution in [1.82, 2.24) is 9.62 Å². The van der Waals surface area contributed by atoms with Gasteiger partial charge in [-0.2, -0.15) is 0 Å². The van der Waals surface area contributed by atoms with E-state index in [2.05, 4.69) is 9.62 Å². The highest BCUT2D eigenvalue weighted by Gasteiger charge is 2.25. The maximum absolute atomic E-state index is 13.4. The molecule has 29 heavy (non-hydrogen) atoms. The van der Waals surface area contributed by atoms with E-state index in [1.807, 2.05) is 24.3 Å². The highest BCUT2D eigenvalue weighted by atomic mass is 32.2. The molecule has 3 rings (SSSR count). The number of sulfonamides is 1. The van der Waals surface area contributed by atoms with Crippen molar-refractivity contribution in [3.63, 3.8) is 0 Å². The first-order chi connectivity index (χ1) is 13.9. The summed E-state index contributed by atoms with van der Waals surface area (Å²) in [6, 6.07) is 9.98. The Morgan fingerprint density at radius 1 is 1.14 bits per heavy atom. The van der Waals surface area contributed by atoms with Crippen LogP contribution in [0.15, 0.2) is 42.5 Å². The van der Waals surface area contributed by atoms with Crippen molar-refractivity contribution in [3.05, 3.63) is 65.2 Å². The van der Waals surface area contributed by atoms with Crippen LogP contribution in [-0.2, 0) is 20.5 Å². The van der Waals surface area contributed by atoms with E-state index >= 15 is 0 Å². The lowest BCUT2D eigenvalue weighted by atomic mass is 10.0. The molecule has 2 aromatic carbocycles. The highest BCUT2D eigenvalue weighted by molar-refractivity contribution is 7.88.